The summed E-state index contributed by atoms with van der Waals surface area (Å²) in [5, 5.41) is 12.4. The number of carbonyl (C=O) groups is 1. The van der Waals surface area contributed by atoms with Crippen molar-refractivity contribution in [2.24, 2.45) is 0 Å². The molecule has 5 atom stereocenters. The van der Waals surface area contributed by atoms with Crippen LogP contribution in [0.15, 0.2) is 71.8 Å². The summed E-state index contributed by atoms with van der Waals surface area (Å²) in [5.74, 6) is -0.681. The van der Waals surface area contributed by atoms with Crippen molar-refractivity contribution >= 4 is 45.9 Å². The standard InChI is InChI=1S/C29H26ClFN6O5S/c1-40-27(39)29(20-13-43-15-34-20,11-16-7-9-18(10-8-16)17-5-3-2-4-6-17)41-12-19-23(38)21(31)26(42-19)37-14-33-22-24(32)35-28(30)36-25(22)37/h2-10,13-15,19,21,23,26,38H,11-12H2,1H3,(H2,32,35,36)/t19-,21+,23-,26-,29?/m1/s1. The number of esters is 1. The number of carbonyl (C=O) groups excluding carboxylic acids is 1. The summed E-state index contributed by atoms with van der Waals surface area (Å²) in [6.45, 7) is -0.364. The van der Waals surface area contributed by atoms with Gasteiger partial charge in [0.2, 0.25) is 10.9 Å². The normalized spacial score (nSPS) is 21.6. The number of alkyl halides is 1. The van der Waals surface area contributed by atoms with Crippen LogP contribution in [0, 0.1) is 0 Å². The van der Waals surface area contributed by atoms with E-state index in [-0.39, 0.29) is 35.3 Å². The number of hydrogen-bond donors (Lipinski definition) is 2. The van der Waals surface area contributed by atoms with Crippen LogP contribution in [0.2, 0.25) is 5.28 Å². The highest BCUT2D eigenvalue weighted by molar-refractivity contribution is 7.07. The number of nitrogen functional groups attached to an aromatic ring is 1. The number of ether oxygens (including phenoxy) is 3. The number of thiazole rings is 1. The average molecular weight is 625 g/mol. The van der Waals surface area contributed by atoms with Crippen LogP contribution in [-0.4, -0.2) is 67.7 Å². The van der Waals surface area contributed by atoms with Crippen molar-refractivity contribution in [3.63, 3.8) is 0 Å². The fourth-order valence-corrected chi connectivity index (χ4v) is 5.93. The first-order chi connectivity index (χ1) is 20.8. The van der Waals surface area contributed by atoms with Gasteiger partial charge in [0.1, 0.15) is 17.7 Å². The second kappa shape index (κ2) is 11.9. The molecule has 1 fully saturated rings. The lowest BCUT2D eigenvalue weighted by Crippen LogP contribution is -2.45. The van der Waals surface area contributed by atoms with Gasteiger partial charge in [-0.15, -0.1) is 11.3 Å². The van der Waals surface area contributed by atoms with Crippen LogP contribution in [0.4, 0.5) is 10.2 Å². The Balaban J connectivity index is 1.27. The third-order valence-corrected chi connectivity index (χ3v) is 8.11. The Kier molecular flexibility index (Phi) is 8.07. The molecule has 0 aliphatic carbocycles. The lowest BCUT2D eigenvalue weighted by molar-refractivity contribution is -0.180. The minimum atomic E-state index is -1.89. The molecule has 43 heavy (non-hydrogen) atoms. The van der Waals surface area contributed by atoms with Gasteiger partial charge in [-0.1, -0.05) is 54.6 Å². The molecule has 14 heteroatoms. The van der Waals surface area contributed by atoms with E-state index >= 15 is 4.39 Å². The molecule has 11 nitrogen and oxygen atoms in total. The predicted molar refractivity (Wildman–Crippen MR) is 157 cm³/mol. The molecule has 3 aromatic heterocycles. The molecule has 0 bridgehead atoms. The van der Waals surface area contributed by atoms with Gasteiger partial charge >= 0.3 is 5.97 Å². The molecule has 0 saturated carbocycles. The van der Waals surface area contributed by atoms with E-state index in [2.05, 4.69) is 19.9 Å². The summed E-state index contributed by atoms with van der Waals surface area (Å²) >= 11 is 7.24. The fourth-order valence-electron chi connectivity index (χ4n) is 5.15. The van der Waals surface area contributed by atoms with E-state index in [0.717, 1.165) is 16.7 Å². The van der Waals surface area contributed by atoms with Gasteiger partial charge in [0.05, 0.1) is 31.2 Å². The quantitative estimate of drug-likeness (QED) is 0.181. The number of anilines is 1. The zero-order valence-electron chi connectivity index (χ0n) is 22.7. The average Bonchev–Trinajstić information content (AvgIpc) is 3.77. The predicted octanol–water partition coefficient (Wildman–Crippen LogP) is 4.11. The number of halogens is 2. The van der Waals surface area contributed by atoms with Crippen LogP contribution >= 0.6 is 22.9 Å². The van der Waals surface area contributed by atoms with Gasteiger partial charge in [-0.3, -0.25) is 4.57 Å². The smallest absolute Gasteiger partial charge is 0.344 e. The highest BCUT2D eigenvalue weighted by Crippen LogP contribution is 2.38. The first kappa shape index (κ1) is 29.1. The molecule has 1 saturated heterocycles. The monoisotopic (exact) mass is 624 g/mol. The molecule has 0 amide bonds. The van der Waals surface area contributed by atoms with E-state index in [1.165, 1.54) is 29.3 Å². The number of aliphatic hydroxyl groups excluding tert-OH is 1. The van der Waals surface area contributed by atoms with Crippen LogP contribution in [0.5, 0.6) is 0 Å². The van der Waals surface area contributed by atoms with E-state index < -0.39 is 36.2 Å². The molecule has 3 N–H and O–H groups in total. The first-order valence-electron chi connectivity index (χ1n) is 13.2. The molecule has 222 valence electrons. The van der Waals surface area contributed by atoms with Crippen molar-refractivity contribution in [1.29, 1.82) is 0 Å². The van der Waals surface area contributed by atoms with Crippen LogP contribution in [0.25, 0.3) is 22.3 Å². The molecule has 5 aromatic rings. The molecule has 0 spiro atoms. The molecular weight excluding hydrogens is 599 g/mol. The third kappa shape index (κ3) is 5.45. The SMILES string of the molecule is COC(=O)C(Cc1ccc(-c2ccccc2)cc1)(OC[C@H]1O[C@@H](n2cnc3c(N)nc(Cl)nc32)[C@@H](F)[C@@H]1O)c1cscn1. The van der Waals surface area contributed by atoms with Crippen LogP contribution in [0.1, 0.15) is 17.5 Å². The van der Waals surface area contributed by atoms with Gasteiger partial charge < -0.3 is 25.1 Å². The van der Waals surface area contributed by atoms with Crippen molar-refractivity contribution in [2.75, 3.05) is 19.5 Å². The van der Waals surface area contributed by atoms with E-state index in [1.54, 1.807) is 10.9 Å². The van der Waals surface area contributed by atoms with Gasteiger partial charge in [-0.25, -0.2) is 19.2 Å². The second-order valence-electron chi connectivity index (χ2n) is 9.95. The Labute approximate surface area is 254 Å². The van der Waals surface area contributed by atoms with Crippen molar-refractivity contribution in [2.45, 2.75) is 36.6 Å². The number of nitrogens with two attached hydrogens (primary N) is 1. The molecule has 1 aliphatic rings. The number of hydrogen-bond acceptors (Lipinski definition) is 11. The molecule has 4 heterocycles. The van der Waals surface area contributed by atoms with Crippen molar-refractivity contribution in [3.05, 3.63) is 88.4 Å². The van der Waals surface area contributed by atoms with E-state index in [9.17, 15) is 9.90 Å². The minimum Gasteiger partial charge on any atom is -0.467 e. The van der Waals surface area contributed by atoms with E-state index in [1.807, 2.05) is 54.6 Å². The summed E-state index contributed by atoms with van der Waals surface area (Å²) in [6, 6.07) is 17.6. The maximum absolute atomic E-state index is 15.5. The number of aromatic nitrogens is 5. The molecule has 6 rings (SSSR count). The summed E-state index contributed by atoms with van der Waals surface area (Å²) in [7, 11) is 1.25. The molecule has 1 aliphatic heterocycles. The Morgan fingerprint density at radius 2 is 1.91 bits per heavy atom. The minimum absolute atomic E-state index is 0.0190. The number of rotatable bonds is 9. The number of benzene rings is 2. The molecule has 2 aromatic carbocycles. The number of imidazole rings is 1. The zero-order valence-corrected chi connectivity index (χ0v) is 24.3. The summed E-state index contributed by atoms with van der Waals surface area (Å²) in [6.07, 6.45) is -4.64. The maximum atomic E-state index is 15.5. The molecule has 1 unspecified atom stereocenters. The summed E-state index contributed by atoms with van der Waals surface area (Å²) in [5.41, 5.74) is 9.25. The molecule has 0 radical (unpaired) electrons. The Bertz CT molecular complexity index is 1730. The van der Waals surface area contributed by atoms with Crippen molar-refractivity contribution < 1.29 is 28.5 Å². The third-order valence-electron chi connectivity index (χ3n) is 7.36. The highest BCUT2D eigenvalue weighted by Gasteiger charge is 2.50. The van der Waals surface area contributed by atoms with Gasteiger partial charge in [0.25, 0.3) is 0 Å². The van der Waals surface area contributed by atoms with Crippen molar-refractivity contribution in [3.8, 4) is 11.1 Å². The highest BCUT2D eigenvalue weighted by atomic mass is 35.5. The largest absolute Gasteiger partial charge is 0.467 e. The Hall–Kier alpha value is -4.01. The fraction of sp³-hybridized carbons (Fsp3) is 0.276. The lowest BCUT2D eigenvalue weighted by Gasteiger charge is -2.31. The second-order valence-corrected chi connectivity index (χ2v) is 11.0. The summed E-state index contributed by atoms with van der Waals surface area (Å²) in [4.78, 5) is 29.9. The number of methoxy groups -OCH3 is 1. The lowest BCUT2D eigenvalue weighted by atomic mass is 9.90. The van der Waals surface area contributed by atoms with Crippen LogP contribution in [-0.2, 0) is 31.0 Å². The summed E-state index contributed by atoms with van der Waals surface area (Å²) < 4.78 is 34.1. The van der Waals surface area contributed by atoms with Gasteiger partial charge in [0, 0.05) is 11.8 Å². The Morgan fingerprint density at radius 1 is 1.16 bits per heavy atom. The number of fused-ring (bicyclic) bond motifs is 1. The Morgan fingerprint density at radius 3 is 2.60 bits per heavy atom. The number of nitrogens with zero attached hydrogens (tertiary/aromatic N) is 5. The van der Waals surface area contributed by atoms with Crippen LogP contribution in [0.3, 0.4) is 0 Å². The maximum Gasteiger partial charge on any atom is 0.344 e. The molecular formula is C29H26ClFN6O5S. The first-order valence-corrected chi connectivity index (χ1v) is 14.5. The van der Waals surface area contributed by atoms with E-state index in [0.29, 0.717) is 5.69 Å². The van der Waals surface area contributed by atoms with E-state index in [4.69, 9.17) is 31.5 Å². The topological polar surface area (TPSA) is 148 Å². The zero-order chi connectivity index (χ0) is 30.1. The van der Waals surface area contributed by atoms with Crippen molar-refractivity contribution in [1.82, 2.24) is 24.5 Å². The van der Waals surface area contributed by atoms with Gasteiger partial charge in [-0.2, -0.15) is 9.97 Å². The van der Waals surface area contributed by atoms with Gasteiger partial charge in [-0.05, 0) is 28.3 Å². The number of aliphatic hydroxyl groups is 1. The van der Waals surface area contributed by atoms with Gasteiger partial charge in [0.15, 0.2) is 23.9 Å². The van der Waals surface area contributed by atoms with Crippen LogP contribution < -0.4 is 5.73 Å².